The standard InChI is InChI=1S/C9H9F2NO2/c10-6-2-1-5(3-7(6)11)4-8(12)9(13)14/h1-3,8H,4,12H2,(H,13,14)/p+1. The Hall–Kier alpha value is -1.49. The topological polar surface area (TPSA) is 64.9 Å². The Bertz CT molecular complexity index is 355. The van der Waals surface area contributed by atoms with Crippen molar-refractivity contribution in [1.82, 2.24) is 0 Å². The van der Waals surface area contributed by atoms with Crippen LogP contribution in [0.15, 0.2) is 18.2 Å². The van der Waals surface area contributed by atoms with Crippen LogP contribution in [0.3, 0.4) is 0 Å². The fraction of sp³-hybridized carbons (Fsp3) is 0.222. The van der Waals surface area contributed by atoms with Gasteiger partial charge in [0.15, 0.2) is 17.7 Å². The maximum atomic E-state index is 12.7. The molecule has 5 heteroatoms. The van der Waals surface area contributed by atoms with Gasteiger partial charge in [-0.2, -0.15) is 0 Å². The average Bonchev–Trinajstić information content (AvgIpc) is 2.11. The smallest absolute Gasteiger partial charge is 0.362 e. The van der Waals surface area contributed by atoms with Crippen LogP contribution in [0.4, 0.5) is 8.78 Å². The van der Waals surface area contributed by atoms with Crippen molar-refractivity contribution in [1.29, 1.82) is 0 Å². The summed E-state index contributed by atoms with van der Waals surface area (Å²) < 4.78 is 25.2. The number of quaternary nitrogens is 1. The quantitative estimate of drug-likeness (QED) is 0.735. The highest BCUT2D eigenvalue weighted by molar-refractivity contribution is 5.71. The summed E-state index contributed by atoms with van der Waals surface area (Å²) in [5.41, 5.74) is 3.79. The predicted molar refractivity (Wildman–Crippen MR) is 44.4 cm³/mol. The van der Waals surface area contributed by atoms with E-state index in [1.807, 2.05) is 0 Å². The van der Waals surface area contributed by atoms with E-state index in [2.05, 4.69) is 5.73 Å². The molecule has 0 fully saturated rings. The Kier molecular flexibility index (Phi) is 3.14. The maximum Gasteiger partial charge on any atom is 0.362 e. The van der Waals surface area contributed by atoms with Gasteiger partial charge in [-0.15, -0.1) is 0 Å². The van der Waals surface area contributed by atoms with E-state index in [9.17, 15) is 13.6 Å². The van der Waals surface area contributed by atoms with E-state index in [-0.39, 0.29) is 6.42 Å². The normalized spacial score (nSPS) is 12.5. The molecule has 0 aliphatic carbocycles. The Morgan fingerprint density at radius 3 is 2.57 bits per heavy atom. The molecule has 0 heterocycles. The van der Waals surface area contributed by atoms with Gasteiger partial charge >= 0.3 is 5.97 Å². The zero-order chi connectivity index (χ0) is 10.7. The van der Waals surface area contributed by atoms with Gasteiger partial charge in [0.1, 0.15) is 0 Å². The first kappa shape index (κ1) is 10.6. The average molecular weight is 202 g/mol. The van der Waals surface area contributed by atoms with Crippen LogP contribution >= 0.6 is 0 Å². The van der Waals surface area contributed by atoms with Crippen LogP contribution in [0, 0.1) is 11.6 Å². The molecule has 1 unspecified atom stereocenters. The van der Waals surface area contributed by atoms with Crippen molar-refractivity contribution in [2.45, 2.75) is 12.5 Å². The molecule has 4 N–H and O–H groups in total. The maximum absolute atomic E-state index is 12.7. The van der Waals surface area contributed by atoms with Crippen molar-refractivity contribution in [3.8, 4) is 0 Å². The molecule has 0 aromatic heterocycles. The molecule has 1 aromatic carbocycles. The van der Waals surface area contributed by atoms with Crippen molar-refractivity contribution in [3.63, 3.8) is 0 Å². The molecule has 0 aliphatic rings. The monoisotopic (exact) mass is 202 g/mol. The molecular formula is C9H10F2NO2+. The highest BCUT2D eigenvalue weighted by atomic mass is 19.2. The summed E-state index contributed by atoms with van der Waals surface area (Å²) in [5, 5.41) is 8.54. The van der Waals surface area contributed by atoms with Crippen LogP contribution in [0.25, 0.3) is 0 Å². The molecule has 3 nitrogen and oxygen atoms in total. The molecule has 1 rings (SSSR count). The minimum absolute atomic E-state index is 0.0898. The summed E-state index contributed by atoms with van der Waals surface area (Å²) in [6.45, 7) is 0. The molecule has 0 saturated heterocycles. The fourth-order valence-electron chi connectivity index (χ4n) is 1.04. The van der Waals surface area contributed by atoms with E-state index in [0.29, 0.717) is 5.56 Å². The molecule has 1 aromatic rings. The lowest BCUT2D eigenvalue weighted by molar-refractivity contribution is -0.407. The molecule has 0 radical (unpaired) electrons. The van der Waals surface area contributed by atoms with Gasteiger partial charge in [0.2, 0.25) is 0 Å². The third-order valence-corrected chi connectivity index (χ3v) is 1.82. The molecule has 14 heavy (non-hydrogen) atoms. The van der Waals surface area contributed by atoms with Crippen LogP contribution < -0.4 is 5.73 Å². The van der Waals surface area contributed by atoms with E-state index >= 15 is 0 Å². The van der Waals surface area contributed by atoms with Gasteiger partial charge in [-0.05, 0) is 17.7 Å². The molecular weight excluding hydrogens is 192 g/mol. The summed E-state index contributed by atoms with van der Waals surface area (Å²) in [6.07, 6.45) is 0.0898. The first-order chi connectivity index (χ1) is 6.50. The molecule has 0 bridgehead atoms. The Morgan fingerprint density at radius 1 is 1.43 bits per heavy atom. The third kappa shape index (κ3) is 2.50. The number of hydrogen-bond donors (Lipinski definition) is 2. The highest BCUT2D eigenvalue weighted by Crippen LogP contribution is 2.09. The van der Waals surface area contributed by atoms with E-state index in [0.717, 1.165) is 12.1 Å². The number of carbonyl (C=O) groups is 1. The van der Waals surface area contributed by atoms with Crippen LogP contribution in [0.1, 0.15) is 5.56 Å². The number of rotatable bonds is 3. The summed E-state index contributed by atoms with van der Waals surface area (Å²) >= 11 is 0. The Morgan fingerprint density at radius 2 is 2.07 bits per heavy atom. The zero-order valence-electron chi connectivity index (χ0n) is 7.34. The van der Waals surface area contributed by atoms with Gasteiger partial charge in [-0.3, -0.25) is 0 Å². The second-order valence-corrected chi connectivity index (χ2v) is 2.99. The van der Waals surface area contributed by atoms with Crippen molar-refractivity contribution < 1.29 is 24.4 Å². The summed E-state index contributed by atoms with van der Waals surface area (Å²) in [6, 6.07) is 2.45. The van der Waals surface area contributed by atoms with Gasteiger partial charge in [-0.1, -0.05) is 6.07 Å². The third-order valence-electron chi connectivity index (χ3n) is 1.82. The number of hydrogen-bond acceptors (Lipinski definition) is 1. The second kappa shape index (κ2) is 4.15. The lowest BCUT2D eigenvalue weighted by Crippen LogP contribution is -2.65. The molecule has 1 atom stereocenters. The number of aliphatic carboxylic acids is 1. The van der Waals surface area contributed by atoms with E-state index in [4.69, 9.17) is 5.11 Å². The summed E-state index contributed by atoms with van der Waals surface area (Å²) in [4.78, 5) is 10.4. The van der Waals surface area contributed by atoms with Gasteiger partial charge in [0, 0.05) is 6.42 Å². The number of benzene rings is 1. The fourth-order valence-corrected chi connectivity index (χ4v) is 1.04. The lowest BCUT2D eigenvalue weighted by Gasteiger charge is -2.03. The highest BCUT2D eigenvalue weighted by Gasteiger charge is 2.16. The predicted octanol–water partition coefficient (Wildman–Crippen LogP) is 0.202. The minimum Gasteiger partial charge on any atom is -0.477 e. The van der Waals surface area contributed by atoms with Crippen LogP contribution in [-0.2, 0) is 11.2 Å². The molecule has 76 valence electrons. The van der Waals surface area contributed by atoms with Gasteiger partial charge < -0.3 is 10.8 Å². The zero-order valence-corrected chi connectivity index (χ0v) is 7.34. The van der Waals surface area contributed by atoms with Crippen molar-refractivity contribution in [3.05, 3.63) is 35.4 Å². The second-order valence-electron chi connectivity index (χ2n) is 2.99. The van der Waals surface area contributed by atoms with Gasteiger partial charge in [0.25, 0.3) is 0 Å². The number of carboxylic acid groups (broad SMARTS) is 1. The lowest BCUT2D eigenvalue weighted by atomic mass is 10.1. The van der Waals surface area contributed by atoms with Crippen molar-refractivity contribution >= 4 is 5.97 Å². The van der Waals surface area contributed by atoms with E-state index < -0.39 is 23.6 Å². The first-order valence-electron chi connectivity index (χ1n) is 4.00. The number of carboxylic acids is 1. The Labute approximate surface area is 79.2 Å². The number of halogens is 2. The van der Waals surface area contributed by atoms with Crippen molar-refractivity contribution in [2.75, 3.05) is 0 Å². The molecule has 0 amide bonds. The van der Waals surface area contributed by atoms with Crippen LogP contribution in [0.5, 0.6) is 0 Å². The van der Waals surface area contributed by atoms with Gasteiger partial charge in [0.05, 0.1) is 0 Å². The van der Waals surface area contributed by atoms with Crippen LogP contribution in [0.2, 0.25) is 0 Å². The summed E-state index contributed by atoms with van der Waals surface area (Å²) in [5.74, 6) is -2.97. The minimum atomic E-state index is -1.06. The molecule has 0 aliphatic heterocycles. The Balaban J connectivity index is 2.78. The SMILES string of the molecule is [NH3+]C(Cc1ccc(F)c(F)c1)C(=O)O. The van der Waals surface area contributed by atoms with Gasteiger partial charge in [-0.25, -0.2) is 13.6 Å². The van der Waals surface area contributed by atoms with Crippen molar-refractivity contribution in [2.24, 2.45) is 0 Å². The van der Waals surface area contributed by atoms with Crippen LogP contribution in [-0.4, -0.2) is 17.1 Å². The van der Waals surface area contributed by atoms with E-state index in [1.165, 1.54) is 6.07 Å². The first-order valence-corrected chi connectivity index (χ1v) is 4.00. The molecule has 0 spiro atoms. The largest absolute Gasteiger partial charge is 0.477 e. The van der Waals surface area contributed by atoms with E-state index in [1.54, 1.807) is 0 Å². The summed E-state index contributed by atoms with van der Waals surface area (Å²) in [7, 11) is 0. The molecule has 0 saturated carbocycles.